The zero-order valence-corrected chi connectivity index (χ0v) is 10.5. The molecule has 1 unspecified atom stereocenters. The van der Waals surface area contributed by atoms with Crippen molar-refractivity contribution in [3.63, 3.8) is 0 Å². The van der Waals surface area contributed by atoms with E-state index in [9.17, 15) is 18.3 Å². The minimum absolute atomic E-state index is 0.0681. The van der Waals surface area contributed by atoms with Crippen molar-refractivity contribution < 1.29 is 18.3 Å². The van der Waals surface area contributed by atoms with Crippen LogP contribution < -0.4 is 0 Å². The number of halogens is 4. The molecule has 2 rings (SSSR count). The summed E-state index contributed by atoms with van der Waals surface area (Å²) in [4.78, 5) is 3.35. The molecule has 0 aromatic carbocycles. The molecule has 0 radical (unpaired) electrons. The summed E-state index contributed by atoms with van der Waals surface area (Å²) < 4.78 is 37.4. The first-order valence-electron chi connectivity index (χ1n) is 5.75. The van der Waals surface area contributed by atoms with Crippen molar-refractivity contribution in [2.45, 2.75) is 38.0 Å². The summed E-state index contributed by atoms with van der Waals surface area (Å²) in [5.74, 6) is 0.0681. The lowest BCUT2D eigenvalue weighted by molar-refractivity contribution is -0.141. The lowest BCUT2D eigenvalue weighted by Gasteiger charge is -2.28. The number of rotatable bonds is 3. The van der Waals surface area contributed by atoms with Crippen LogP contribution >= 0.6 is 11.6 Å². The first kappa shape index (κ1) is 13.6. The zero-order chi connectivity index (χ0) is 13.6. The van der Waals surface area contributed by atoms with Gasteiger partial charge in [0.25, 0.3) is 0 Å². The smallest absolute Gasteiger partial charge is 0.385 e. The molecule has 18 heavy (non-hydrogen) atoms. The zero-order valence-electron chi connectivity index (χ0n) is 9.76. The summed E-state index contributed by atoms with van der Waals surface area (Å²) in [6.07, 6.45) is -2.39. The van der Waals surface area contributed by atoms with E-state index >= 15 is 0 Å². The summed E-state index contributed by atoms with van der Waals surface area (Å²) in [6, 6.07) is 2.10. The number of nitrogens with zero attached hydrogens (tertiary/aromatic N) is 1. The predicted molar refractivity (Wildman–Crippen MR) is 61.2 cm³/mol. The van der Waals surface area contributed by atoms with Gasteiger partial charge in [-0.15, -0.1) is 0 Å². The van der Waals surface area contributed by atoms with E-state index in [0.29, 0.717) is 12.0 Å². The SMILES string of the molecule is CCC(O)(c1ccc(C(F)(F)F)nc1Cl)C1CC1. The van der Waals surface area contributed by atoms with Crippen LogP contribution in [-0.4, -0.2) is 10.1 Å². The van der Waals surface area contributed by atoms with Gasteiger partial charge in [0, 0.05) is 5.56 Å². The summed E-state index contributed by atoms with van der Waals surface area (Å²) in [5, 5.41) is 10.2. The van der Waals surface area contributed by atoms with Gasteiger partial charge in [0.15, 0.2) is 0 Å². The molecule has 0 amide bonds. The number of hydrogen-bond acceptors (Lipinski definition) is 2. The Morgan fingerprint density at radius 2 is 2.00 bits per heavy atom. The van der Waals surface area contributed by atoms with Gasteiger partial charge in [-0.1, -0.05) is 24.6 Å². The van der Waals surface area contributed by atoms with Crippen LogP contribution in [0.2, 0.25) is 5.15 Å². The molecule has 2 nitrogen and oxygen atoms in total. The average Bonchev–Trinajstić information content (AvgIpc) is 3.10. The Morgan fingerprint density at radius 1 is 1.39 bits per heavy atom. The molecular weight excluding hydrogens is 267 g/mol. The average molecular weight is 280 g/mol. The maximum atomic E-state index is 12.5. The second kappa shape index (κ2) is 4.38. The second-order valence-electron chi connectivity index (χ2n) is 4.58. The Morgan fingerprint density at radius 3 is 2.39 bits per heavy atom. The predicted octanol–water partition coefficient (Wildman–Crippen LogP) is 3.76. The van der Waals surface area contributed by atoms with Gasteiger partial charge in [0.1, 0.15) is 10.8 Å². The van der Waals surface area contributed by atoms with E-state index in [1.165, 1.54) is 6.07 Å². The molecule has 1 aliphatic carbocycles. The van der Waals surface area contributed by atoms with Gasteiger partial charge in [-0.05, 0) is 31.2 Å². The largest absolute Gasteiger partial charge is 0.433 e. The monoisotopic (exact) mass is 279 g/mol. The number of pyridine rings is 1. The van der Waals surface area contributed by atoms with Crippen molar-refractivity contribution in [3.8, 4) is 0 Å². The highest BCUT2D eigenvalue weighted by Crippen LogP contribution is 2.49. The lowest BCUT2D eigenvalue weighted by atomic mass is 9.87. The highest BCUT2D eigenvalue weighted by molar-refractivity contribution is 6.30. The molecular formula is C12H13ClF3NO. The third kappa shape index (κ3) is 2.34. The van der Waals surface area contributed by atoms with E-state index in [2.05, 4.69) is 4.98 Å². The molecule has 0 aliphatic heterocycles. The Hall–Kier alpha value is -0.810. The molecule has 100 valence electrons. The van der Waals surface area contributed by atoms with Gasteiger partial charge in [-0.3, -0.25) is 0 Å². The summed E-state index contributed by atoms with van der Waals surface area (Å²) in [6.45, 7) is 1.78. The first-order chi connectivity index (χ1) is 8.29. The molecule has 6 heteroatoms. The van der Waals surface area contributed by atoms with Crippen molar-refractivity contribution in [1.29, 1.82) is 0 Å². The van der Waals surface area contributed by atoms with Gasteiger partial charge in [-0.2, -0.15) is 13.2 Å². The molecule has 1 atom stereocenters. The van der Waals surface area contributed by atoms with Crippen LogP contribution in [0.5, 0.6) is 0 Å². The standard InChI is InChI=1S/C12H13ClF3NO/c1-2-11(18,7-3-4-7)8-5-6-9(12(14,15)16)17-10(8)13/h5-7,18H,2-4H2,1H3. The van der Waals surface area contributed by atoms with Crippen LogP contribution in [-0.2, 0) is 11.8 Å². The molecule has 1 saturated carbocycles. The van der Waals surface area contributed by atoms with Gasteiger partial charge in [0.2, 0.25) is 0 Å². The second-order valence-corrected chi connectivity index (χ2v) is 4.94. The Kier molecular flexibility index (Phi) is 3.32. The fourth-order valence-corrected chi connectivity index (χ4v) is 2.49. The molecule has 1 heterocycles. The third-order valence-corrected chi connectivity index (χ3v) is 3.69. The topological polar surface area (TPSA) is 33.1 Å². The van der Waals surface area contributed by atoms with Gasteiger partial charge in [-0.25, -0.2) is 4.98 Å². The van der Waals surface area contributed by atoms with Gasteiger partial charge < -0.3 is 5.11 Å². The number of aromatic nitrogens is 1. The van der Waals surface area contributed by atoms with E-state index in [4.69, 9.17) is 11.6 Å². The van der Waals surface area contributed by atoms with Gasteiger partial charge in [0.05, 0.1) is 5.60 Å². The fraction of sp³-hybridized carbons (Fsp3) is 0.583. The Balaban J connectivity index is 2.41. The van der Waals surface area contributed by atoms with Crippen molar-refractivity contribution in [3.05, 3.63) is 28.5 Å². The molecule has 1 aromatic rings. The van der Waals surface area contributed by atoms with Crippen molar-refractivity contribution >= 4 is 11.6 Å². The molecule has 1 fully saturated rings. The van der Waals surface area contributed by atoms with Crippen LogP contribution in [0.25, 0.3) is 0 Å². The van der Waals surface area contributed by atoms with E-state index in [0.717, 1.165) is 18.9 Å². The van der Waals surface area contributed by atoms with E-state index < -0.39 is 17.5 Å². The van der Waals surface area contributed by atoms with Crippen LogP contribution in [0.4, 0.5) is 13.2 Å². The first-order valence-corrected chi connectivity index (χ1v) is 6.13. The molecule has 0 bridgehead atoms. The lowest BCUT2D eigenvalue weighted by Crippen LogP contribution is -2.28. The number of aliphatic hydroxyl groups is 1. The van der Waals surface area contributed by atoms with Crippen molar-refractivity contribution in [2.75, 3.05) is 0 Å². The molecule has 1 N–H and O–H groups in total. The van der Waals surface area contributed by atoms with E-state index in [1.54, 1.807) is 6.92 Å². The normalized spacial score (nSPS) is 19.7. The Labute approximate surface area is 108 Å². The molecule has 1 aliphatic rings. The van der Waals surface area contributed by atoms with Crippen LogP contribution in [0.15, 0.2) is 12.1 Å². The quantitative estimate of drug-likeness (QED) is 0.855. The highest BCUT2D eigenvalue weighted by Gasteiger charge is 2.45. The maximum Gasteiger partial charge on any atom is 0.433 e. The molecule has 1 aromatic heterocycles. The third-order valence-electron chi connectivity index (χ3n) is 3.40. The van der Waals surface area contributed by atoms with Crippen molar-refractivity contribution in [1.82, 2.24) is 4.98 Å². The van der Waals surface area contributed by atoms with Crippen LogP contribution in [0.1, 0.15) is 37.4 Å². The molecule has 0 saturated heterocycles. The fourth-order valence-electron chi connectivity index (χ4n) is 2.18. The minimum Gasteiger partial charge on any atom is -0.385 e. The summed E-state index contributed by atoms with van der Waals surface area (Å²) in [7, 11) is 0. The Bertz CT molecular complexity index is 459. The number of hydrogen-bond donors (Lipinski definition) is 1. The summed E-state index contributed by atoms with van der Waals surface area (Å²) in [5.41, 5.74) is -1.90. The summed E-state index contributed by atoms with van der Waals surface area (Å²) >= 11 is 5.80. The van der Waals surface area contributed by atoms with E-state index in [-0.39, 0.29) is 11.1 Å². The van der Waals surface area contributed by atoms with Gasteiger partial charge >= 0.3 is 6.18 Å². The highest BCUT2D eigenvalue weighted by atomic mass is 35.5. The van der Waals surface area contributed by atoms with E-state index in [1.807, 2.05) is 0 Å². The minimum atomic E-state index is -4.52. The maximum absolute atomic E-state index is 12.5. The van der Waals surface area contributed by atoms with Crippen LogP contribution in [0, 0.1) is 5.92 Å². The molecule has 0 spiro atoms. The van der Waals surface area contributed by atoms with Crippen molar-refractivity contribution in [2.24, 2.45) is 5.92 Å². The number of alkyl halides is 3. The van der Waals surface area contributed by atoms with Crippen LogP contribution in [0.3, 0.4) is 0 Å².